The van der Waals surface area contributed by atoms with E-state index in [4.69, 9.17) is 0 Å². The van der Waals surface area contributed by atoms with Gasteiger partial charge in [-0.05, 0) is 0 Å². The third-order valence-corrected chi connectivity index (χ3v) is 10.4. The molecule has 29 heavy (non-hydrogen) atoms. The van der Waals surface area contributed by atoms with E-state index in [-0.39, 0.29) is 0 Å². The van der Waals surface area contributed by atoms with E-state index in [0.717, 1.165) is 36.0 Å². The quantitative estimate of drug-likeness (QED) is 0.449. The summed E-state index contributed by atoms with van der Waals surface area (Å²) in [6.45, 7) is 2.24. The molecule has 2 aromatic carbocycles. The van der Waals surface area contributed by atoms with Crippen molar-refractivity contribution >= 4 is 6.08 Å². The fourth-order valence-electron chi connectivity index (χ4n) is 7.46. The Morgan fingerprint density at radius 3 is 2.21 bits per heavy atom. The number of aryl methyl sites for hydroxylation is 1. The molecule has 0 nitrogen and oxygen atoms in total. The van der Waals surface area contributed by atoms with Crippen LogP contribution >= 0.6 is 0 Å². The fraction of sp³-hybridized carbons (Fsp3) is 0.500. The molecule has 0 spiro atoms. The van der Waals surface area contributed by atoms with Crippen molar-refractivity contribution in [2.24, 2.45) is 29.6 Å². The van der Waals surface area contributed by atoms with Gasteiger partial charge in [0, 0.05) is 0 Å². The molecule has 7 rings (SSSR count). The zero-order valence-electron chi connectivity index (χ0n) is 17.5. The monoisotopic (exact) mass is 457 g/mol. The van der Waals surface area contributed by atoms with Crippen LogP contribution < -0.4 is 0 Å². The predicted octanol–water partition coefficient (Wildman–Crippen LogP) is 7.36. The maximum atomic E-state index is 2.61. The molecular weight excluding hydrogens is 428 g/mol. The van der Waals surface area contributed by atoms with Gasteiger partial charge in [-0.25, -0.2) is 0 Å². The third kappa shape index (κ3) is 3.18. The second-order valence-electron chi connectivity index (χ2n) is 10.3. The topological polar surface area (TPSA) is 0 Å². The van der Waals surface area contributed by atoms with Crippen LogP contribution in [0.5, 0.6) is 0 Å². The molecule has 0 N–H and O–H groups in total. The first-order valence-electron chi connectivity index (χ1n) is 11.8. The zero-order chi connectivity index (χ0) is 19.5. The van der Waals surface area contributed by atoms with Gasteiger partial charge in [-0.15, -0.1) is 0 Å². The summed E-state index contributed by atoms with van der Waals surface area (Å²) >= 11 is 1.67. The summed E-state index contributed by atoms with van der Waals surface area (Å²) in [5.74, 6) is 5.24. The zero-order valence-corrected chi connectivity index (χ0v) is 20.0. The second kappa shape index (κ2) is 7.33. The van der Waals surface area contributed by atoms with Crippen LogP contribution in [0.25, 0.3) is 17.2 Å². The SMILES string of the molecule is CCc1ccc(-c2cccc3c2C=C(CC2C4CC5CC(C4)CC2C5)[CH]3[Zr])cc1. The second-order valence-corrected chi connectivity index (χ2v) is 11.7. The van der Waals surface area contributed by atoms with E-state index in [1.54, 1.807) is 68.0 Å². The molecule has 0 radical (unpaired) electrons. The number of rotatable bonds is 4. The summed E-state index contributed by atoms with van der Waals surface area (Å²) in [5.41, 5.74) is 9.13. The summed E-state index contributed by atoms with van der Waals surface area (Å²) in [7, 11) is 0. The number of benzene rings is 2. The van der Waals surface area contributed by atoms with Crippen LogP contribution in [0.3, 0.4) is 0 Å². The van der Waals surface area contributed by atoms with E-state index in [9.17, 15) is 0 Å². The molecule has 5 aliphatic rings. The molecule has 4 saturated carbocycles. The average Bonchev–Trinajstić information content (AvgIpc) is 3.06. The molecular formula is C28H31Zr. The van der Waals surface area contributed by atoms with Crippen molar-refractivity contribution in [3.63, 3.8) is 0 Å². The molecule has 0 heterocycles. The van der Waals surface area contributed by atoms with Gasteiger partial charge in [0.2, 0.25) is 0 Å². The van der Waals surface area contributed by atoms with Crippen molar-refractivity contribution in [2.45, 2.75) is 55.5 Å². The summed E-state index contributed by atoms with van der Waals surface area (Å²) < 4.78 is 0.684. The number of allylic oxidation sites excluding steroid dienone is 1. The van der Waals surface area contributed by atoms with Gasteiger partial charge < -0.3 is 0 Å². The molecule has 0 amide bonds. The van der Waals surface area contributed by atoms with Gasteiger partial charge in [0.05, 0.1) is 0 Å². The van der Waals surface area contributed by atoms with Crippen LogP contribution in [0.2, 0.25) is 0 Å². The molecule has 1 unspecified atom stereocenters. The molecule has 0 aromatic heterocycles. The van der Waals surface area contributed by atoms with E-state index in [2.05, 4.69) is 55.5 Å². The van der Waals surface area contributed by atoms with E-state index in [1.807, 2.05) is 0 Å². The minimum atomic E-state index is 0.684. The van der Waals surface area contributed by atoms with E-state index in [0.29, 0.717) is 3.63 Å². The molecule has 2 aromatic rings. The van der Waals surface area contributed by atoms with Crippen LogP contribution in [-0.2, 0) is 31.1 Å². The predicted molar refractivity (Wildman–Crippen MR) is 117 cm³/mol. The Morgan fingerprint density at radius 1 is 0.862 bits per heavy atom. The molecule has 1 atom stereocenters. The van der Waals surface area contributed by atoms with Crippen LogP contribution in [0.4, 0.5) is 0 Å². The Balaban J connectivity index is 1.30. The normalized spacial score (nSPS) is 34.3. The molecule has 5 aliphatic carbocycles. The molecule has 4 fully saturated rings. The van der Waals surface area contributed by atoms with Crippen molar-refractivity contribution in [2.75, 3.05) is 0 Å². The van der Waals surface area contributed by atoms with Gasteiger partial charge >= 0.3 is 192 Å². The Bertz CT molecular complexity index is 923. The molecule has 4 bridgehead atoms. The first-order valence-corrected chi connectivity index (χ1v) is 13.2. The fourth-order valence-corrected chi connectivity index (χ4v) is 8.57. The molecule has 0 saturated heterocycles. The van der Waals surface area contributed by atoms with Gasteiger partial charge in [0.1, 0.15) is 0 Å². The number of fused-ring (bicyclic) bond motifs is 1. The van der Waals surface area contributed by atoms with Gasteiger partial charge in [0.25, 0.3) is 0 Å². The Hall–Kier alpha value is -0.937. The summed E-state index contributed by atoms with van der Waals surface area (Å²) in [4.78, 5) is 0. The van der Waals surface area contributed by atoms with Gasteiger partial charge in [0.15, 0.2) is 0 Å². The summed E-state index contributed by atoms with van der Waals surface area (Å²) in [6.07, 6.45) is 12.9. The van der Waals surface area contributed by atoms with Crippen molar-refractivity contribution in [1.82, 2.24) is 0 Å². The van der Waals surface area contributed by atoms with Gasteiger partial charge in [-0.2, -0.15) is 0 Å². The van der Waals surface area contributed by atoms with Crippen molar-refractivity contribution in [3.8, 4) is 11.1 Å². The molecule has 147 valence electrons. The average molecular weight is 459 g/mol. The van der Waals surface area contributed by atoms with Gasteiger partial charge in [-0.1, -0.05) is 0 Å². The van der Waals surface area contributed by atoms with E-state index >= 15 is 0 Å². The molecule has 1 heteroatoms. The Labute approximate surface area is 191 Å². The third-order valence-electron chi connectivity index (χ3n) is 8.72. The summed E-state index contributed by atoms with van der Waals surface area (Å²) in [6, 6.07) is 16.3. The van der Waals surface area contributed by atoms with Crippen LogP contribution in [-0.4, -0.2) is 0 Å². The standard InChI is InChI=1S/C28H31.Zr/c1-2-18-6-8-22(9-7-18)26-5-3-4-23-11-21(17-28(23)26)16-27-24-12-19-10-20(14-24)15-25(27)13-19;/h3-9,11,17,19-20,24-25,27H,2,10,12-16H2,1H3;. The molecule has 0 aliphatic heterocycles. The number of hydrogen-bond donors (Lipinski definition) is 0. The van der Waals surface area contributed by atoms with Gasteiger partial charge in [-0.3, -0.25) is 0 Å². The van der Waals surface area contributed by atoms with E-state index in [1.165, 1.54) is 28.7 Å². The van der Waals surface area contributed by atoms with Crippen molar-refractivity contribution in [1.29, 1.82) is 0 Å². The van der Waals surface area contributed by atoms with Crippen LogP contribution in [0.15, 0.2) is 48.0 Å². The van der Waals surface area contributed by atoms with Crippen LogP contribution in [0.1, 0.15) is 65.8 Å². The maximum absolute atomic E-state index is 2.61. The number of hydrogen-bond acceptors (Lipinski definition) is 0. The van der Waals surface area contributed by atoms with Crippen molar-refractivity contribution < 1.29 is 24.7 Å². The van der Waals surface area contributed by atoms with Crippen LogP contribution in [0, 0.1) is 29.6 Å². The Kier molecular flexibility index (Phi) is 4.76. The minimum absolute atomic E-state index is 0.684. The first-order chi connectivity index (χ1) is 14.2. The summed E-state index contributed by atoms with van der Waals surface area (Å²) in [5, 5.41) is 0. The van der Waals surface area contributed by atoms with E-state index < -0.39 is 0 Å². The first kappa shape index (κ1) is 18.8. The van der Waals surface area contributed by atoms with Crippen molar-refractivity contribution in [3.05, 3.63) is 64.7 Å². The Morgan fingerprint density at radius 2 is 1.55 bits per heavy atom.